The predicted molar refractivity (Wildman–Crippen MR) is 64.5 cm³/mol. The quantitative estimate of drug-likeness (QED) is 0.872. The molecule has 2 nitrogen and oxygen atoms in total. The Hall–Kier alpha value is -0.450. The van der Waals surface area contributed by atoms with Crippen LogP contribution in [0, 0.1) is 11.7 Å². The Morgan fingerprint density at radius 1 is 1.50 bits per heavy atom. The summed E-state index contributed by atoms with van der Waals surface area (Å²) < 4.78 is 13.6. The molecule has 1 unspecified atom stereocenters. The molecule has 1 aliphatic rings. The molecule has 1 aromatic carbocycles. The molecule has 4 heteroatoms. The second-order valence-electron chi connectivity index (χ2n) is 4.27. The smallest absolute Gasteiger partial charge is 0.124 e. The third-order valence-corrected chi connectivity index (χ3v) is 3.59. The summed E-state index contributed by atoms with van der Waals surface area (Å²) in [5.74, 6) is 0.248. The lowest BCUT2D eigenvalue weighted by Crippen LogP contribution is -2.27. The molecule has 0 bridgehead atoms. The van der Waals surface area contributed by atoms with E-state index in [-0.39, 0.29) is 11.9 Å². The zero-order valence-corrected chi connectivity index (χ0v) is 10.5. The van der Waals surface area contributed by atoms with Gasteiger partial charge in [0.05, 0.1) is 6.10 Å². The van der Waals surface area contributed by atoms with E-state index in [0.29, 0.717) is 19.0 Å². The fourth-order valence-electron chi connectivity index (χ4n) is 1.67. The Labute approximate surface area is 103 Å². The van der Waals surface area contributed by atoms with Gasteiger partial charge < -0.3 is 10.4 Å². The Kier molecular flexibility index (Phi) is 3.95. The largest absolute Gasteiger partial charge is 0.392 e. The van der Waals surface area contributed by atoms with Crippen LogP contribution in [-0.2, 0) is 6.54 Å². The first kappa shape index (κ1) is 12.0. The zero-order chi connectivity index (χ0) is 11.5. The Morgan fingerprint density at radius 3 is 2.88 bits per heavy atom. The van der Waals surface area contributed by atoms with Crippen LogP contribution >= 0.6 is 15.9 Å². The molecule has 1 aromatic rings. The monoisotopic (exact) mass is 287 g/mol. The van der Waals surface area contributed by atoms with Crippen molar-refractivity contribution in [3.8, 4) is 0 Å². The number of hydrogen-bond acceptors (Lipinski definition) is 2. The Morgan fingerprint density at radius 2 is 2.25 bits per heavy atom. The first-order chi connectivity index (χ1) is 7.66. The van der Waals surface area contributed by atoms with Gasteiger partial charge >= 0.3 is 0 Å². The van der Waals surface area contributed by atoms with E-state index < -0.39 is 0 Å². The molecule has 16 heavy (non-hydrogen) atoms. The summed E-state index contributed by atoms with van der Waals surface area (Å²) in [6, 6.07) is 4.64. The number of halogens is 2. The van der Waals surface area contributed by atoms with Gasteiger partial charge in [0.25, 0.3) is 0 Å². The highest BCUT2D eigenvalue weighted by Gasteiger charge is 2.29. The summed E-state index contributed by atoms with van der Waals surface area (Å²) in [4.78, 5) is 0. The topological polar surface area (TPSA) is 32.3 Å². The summed E-state index contributed by atoms with van der Waals surface area (Å²) in [6.45, 7) is 1.25. The molecule has 1 atom stereocenters. The lowest BCUT2D eigenvalue weighted by atomic mass is 10.2. The third-order valence-electron chi connectivity index (χ3n) is 2.85. The molecule has 0 spiro atoms. The molecule has 0 saturated heterocycles. The van der Waals surface area contributed by atoms with E-state index in [1.54, 1.807) is 6.07 Å². The van der Waals surface area contributed by atoms with E-state index in [1.165, 1.54) is 12.1 Å². The number of aliphatic hydroxyl groups excluding tert-OH is 1. The summed E-state index contributed by atoms with van der Waals surface area (Å²) in [6.07, 6.45) is 2.05. The maximum Gasteiger partial charge on any atom is 0.124 e. The molecule has 0 heterocycles. The average Bonchev–Trinajstić information content (AvgIpc) is 3.04. The van der Waals surface area contributed by atoms with Crippen molar-refractivity contribution in [1.82, 2.24) is 5.32 Å². The van der Waals surface area contributed by atoms with Crippen LogP contribution in [-0.4, -0.2) is 17.8 Å². The van der Waals surface area contributed by atoms with Crippen LogP contribution in [0.4, 0.5) is 4.39 Å². The Bertz CT molecular complexity index is 368. The third kappa shape index (κ3) is 3.27. The van der Waals surface area contributed by atoms with Crippen LogP contribution in [0.5, 0.6) is 0 Å². The average molecular weight is 288 g/mol. The standard InChI is InChI=1S/C12H15BrFNO/c13-11-5-10(14)4-3-9(11)6-15-7-12(16)8-1-2-8/h3-5,8,12,15-16H,1-2,6-7H2. The van der Waals surface area contributed by atoms with Crippen molar-refractivity contribution >= 4 is 15.9 Å². The molecule has 0 aliphatic heterocycles. The summed E-state index contributed by atoms with van der Waals surface area (Å²) in [5, 5.41) is 12.8. The first-order valence-corrected chi connectivity index (χ1v) is 6.29. The summed E-state index contributed by atoms with van der Waals surface area (Å²) >= 11 is 3.31. The van der Waals surface area contributed by atoms with E-state index in [2.05, 4.69) is 21.2 Å². The van der Waals surface area contributed by atoms with E-state index in [0.717, 1.165) is 22.9 Å². The van der Waals surface area contributed by atoms with Gasteiger partial charge in [0.1, 0.15) is 5.82 Å². The second kappa shape index (κ2) is 5.25. The van der Waals surface area contributed by atoms with Crippen molar-refractivity contribution in [1.29, 1.82) is 0 Å². The highest BCUT2D eigenvalue weighted by Crippen LogP contribution is 2.32. The molecule has 1 aliphatic carbocycles. The van der Waals surface area contributed by atoms with Gasteiger partial charge in [0.2, 0.25) is 0 Å². The van der Waals surface area contributed by atoms with Crippen molar-refractivity contribution in [2.75, 3.05) is 6.54 Å². The van der Waals surface area contributed by atoms with Crippen molar-refractivity contribution < 1.29 is 9.50 Å². The first-order valence-electron chi connectivity index (χ1n) is 5.49. The number of nitrogens with one attached hydrogen (secondary N) is 1. The van der Waals surface area contributed by atoms with Gasteiger partial charge in [0.15, 0.2) is 0 Å². The molecule has 1 fully saturated rings. The lowest BCUT2D eigenvalue weighted by molar-refractivity contribution is 0.148. The number of hydrogen-bond donors (Lipinski definition) is 2. The molecule has 0 amide bonds. The maximum atomic E-state index is 12.8. The molecule has 1 saturated carbocycles. The van der Waals surface area contributed by atoms with Crippen LogP contribution in [0.25, 0.3) is 0 Å². The van der Waals surface area contributed by atoms with Crippen LogP contribution in [0.2, 0.25) is 0 Å². The second-order valence-corrected chi connectivity index (χ2v) is 5.13. The van der Waals surface area contributed by atoms with Crippen molar-refractivity contribution in [3.63, 3.8) is 0 Å². The van der Waals surface area contributed by atoms with Gasteiger partial charge in [-0.3, -0.25) is 0 Å². The lowest BCUT2D eigenvalue weighted by Gasteiger charge is -2.11. The molecular weight excluding hydrogens is 273 g/mol. The van der Waals surface area contributed by atoms with E-state index in [4.69, 9.17) is 0 Å². The fourth-order valence-corrected chi connectivity index (χ4v) is 2.16. The van der Waals surface area contributed by atoms with E-state index in [9.17, 15) is 9.50 Å². The fraction of sp³-hybridized carbons (Fsp3) is 0.500. The minimum atomic E-state index is -0.242. The minimum Gasteiger partial charge on any atom is -0.392 e. The van der Waals surface area contributed by atoms with Crippen LogP contribution in [0.3, 0.4) is 0 Å². The van der Waals surface area contributed by atoms with Gasteiger partial charge in [0, 0.05) is 17.6 Å². The highest BCUT2D eigenvalue weighted by molar-refractivity contribution is 9.10. The number of benzene rings is 1. The normalized spacial score (nSPS) is 17.4. The molecule has 2 N–H and O–H groups in total. The molecule has 88 valence electrons. The van der Waals surface area contributed by atoms with E-state index in [1.807, 2.05) is 0 Å². The molecule has 0 radical (unpaired) electrons. The molecule has 2 rings (SSSR count). The van der Waals surface area contributed by atoms with Crippen LogP contribution < -0.4 is 5.32 Å². The minimum absolute atomic E-state index is 0.237. The van der Waals surface area contributed by atoms with Gasteiger partial charge in [-0.2, -0.15) is 0 Å². The molecule has 0 aromatic heterocycles. The number of aliphatic hydroxyl groups is 1. The van der Waals surface area contributed by atoms with Gasteiger partial charge in [-0.05, 0) is 36.5 Å². The predicted octanol–water partition coefficient (Wildman–Crippen LogP) is 2.45. The van der Waals surface area contributed by atoms with Crippen molar-refractivity contribution in [2.24, 2.45) is 5.92 Å². The van der Waals surface area contributed by atoms with Gasteiger partial charge in [-0.25, -0.2) is 4.39 Å². The zero-order valence-electron chi connectivity index (χ0n) is 8.92. The summed E-state index contributed by atoms with van der Waals surface area (Å²) in [5.41, 5.74) is 1.00. The van der Waals surface area contributed by atoms with Crippen LogP contribution in [0.1, 0.15) is 18.4 Å². The van der Waals surface area contributed by atoms with E-state index >= 15 is 0 Å². The number of rotatable bonds is 5. The SMILES string of the molecule is OC(CNCc1ccc(F)cc1Br)C1CC1. The van der Waals surface area contributed by atoms with Crippen molar-refractivity contribution in [2.45, 2.75) is 25.5 Å². The van der Waals surface area contributed by atoms with Crippen LogP contribution in [0.15, 0.2) is 22.7 Å². The summed E-state index contributed by atoms with van der Waals surface area (Å²) in [7, 11) is 0. The maximum absolute atomic E-state index is 12.8. The van der Waals surface area contributed by atoms with Crippen molar-refractivity contribution in [3.05, 3.63) is 34.1 Å². The van der Waals surface area contributed by atoms with Gasteiger partial charge in [-0.15, -0.1) is 0 Å². The Balaban J connectivity index is 1.80. The molecular formula is C12H15BrFNO. The highest BCUT2D eigenvalue weighted by atomic mass is 79.9. The van der Waals surface area contributed by atoms with Gasteiger partial charge in [-0.1, -0.05) is 22.0 Å².